The molecule has 15 heavy (non-hydrogen) atoms. The quantitative estimate of drug-likeness (QED) is 0.886. The number of hydrogen-bond donors (Lipinski definition) is 1. The second-order valence-corrected chi connectivity index (χ2v) is 6.05. The maximum atomic E-state index is 5.76. The molecular weight excluding hydrogens is 230 g/mol. The van der Waals surface area contributed by atoms with Gasteiger partial charge in [-0.2, -0.15) is 11.8 Å². The molecule has 0 bridgehead atoms. The van der Waals surface area contributed by atoms with Crippen LogP contribution >= 0.6 is 23.4 Å². The minimum Gasteiger partial charge on any atom is -0.367 e. The molecule has 5 heteroatoms. The van der Waals surface area contributed by atoms with Crippen molar-refractivity contribution in [2.45, 2.75) is 24.5 Å². The van der Waals surface area contributed by atoms with Gasteiger partial charge in [0.1, 0.15) is 11.0 Å². The van der Waals surface area contributed by atoms with Gasteiger partial charge in [0.25, 0.3) is 0 Å². The lowest BCUT2D eigenvalue weighted by Crippen LogP contribution is -2.27. The van der Waals surface area contributed by atoms with Gasteiger partial charge in [-0.15, -0.1) is 0 Å². The van der Waals surface area contributed by atoms with E-state index in [1.54, 1.807) is 12.4 Å². The van der Waals surface area contributed by atoms with Gasteiger partial charge in [-0.05, 0) is 25.5 Å². The van der Waals surface area contributed by atoms with Crippen molar-refractivity contribution in [3.05, 3.63) is 17.5 Å². The lowest BCUT2D eigenvalue weighted by Gasteiger charge is -2.22. The molecule has 0 radical (unpaired) electrons. The number of hydrogen-bond acceptors (Lipinski definition) is 4. The molecule has 1 N–H and O–H groups in total. The molecule has 2 rings (SSSR count). The van der Waals surface area contributed by atoms with Crippen LogP contribution in [0.1, 0.15) is 19.8 Å². The molecule has 1 aliphatic rings. The third-order valence-electron chi connectivity index (χ3n) is 2.55. The van der Waals surface area contributed by atoms with Crippen molar-refractivity contribution in [2.24, 2.45) is 0 Å². The average molecular weight is 244 g/mol. The van der Waals surface area contributed by atoms with Crippen LogP contribution in [0.3, 0.4) is 0 Å². The van der Waals surface area contributed by atoms with Gasteiger partial charge in [-0.25, -0.2) is 4.98 Å². The number of nitrogens with zero attached hydrogens (tertiary/aromatic N) is 2. The van der Waals surface area contributed by atoms with Crippen LogP contribution in [0, 0.1) is 0 Å². The lowest BCUT2D eigenvalue weighted by molar-refractivity contribution is 0.633. The summed E-state index contributed by atoms with van der Waals surface area (Å²) in [5, 5.41) is 3.72. The summed E-state index contributed by atoms with van der Waals surface area (Å²) in [6, 6.07) is 0. The fraction of sp³-hybridized carbons (Fsp3) is 0.600. The summed E-state index contributed by atoms with van der Waals surface area (Å²) < 4.78 is 0.337. The summed E-state index contributed by atoms with van der Waals surface area (Å²) in [5.74, 6) is 2.02. The summed E-state index contributed by atoms with van der Waals surface area (Å²) in [7, 11) is 0. The van der Waals surface area contributed by atoms with Gasteiger partial charge in [-0.3, -0.25) is 4.98 Å². The van der Waals surface area contributed by atoms with Gasteiger partial charge < -0.3 is 5.32 Å². The van der Waals surface area contributed by atoms with E-state index in [9.17, 15) is 0 Å². The van der Waals surface area contributed by atoms with Gasteiger partial charge in [-0.1, -0.05) is 11.6 Å². The molecular formula is C10H14ClN3S. The van der Waals surface area contributed by atoms with E-state index < -0.39 is 0 Å². The first kappa shape index (κ1) is 11.0. The van der Waals surface area contributed by atoms with Gasteiger partial charge in [0.15, 0.2) is 0 Å². The number of aromatic nitrogens is 2. The van der Waals surface area contributed by atoms with Crippen LogP contribution in [0.2, 0.25) is 5.15 Å². The van der Waals surface area contributed by atoms with Crippen LogP contribution in [-0.4, -0.2) is 27.0 Å². The molecule has 0 amide bonds. The molecule has 0 spiro atoms. The molecule has 1 atom stereocenters. The monoisotopic (exact) mass is 243 g/mol. The zero-order valence-electron chi connectivity index (χ0n) is 8.66. The Kier molecular flexibility index (Phi) is 3.36. The molecule has 3 nitrogen and oxygen atoms in total. The first-order valence-electron chi connectivity index (χ1n) is 5.03. The fourth-order valence-corrected chi connectivity index (χ4v) is 3.07. The molecule has 1 aromatic rings. The smallest absolute Gasteiger partial charge is 0.149 e. The van der Waals surface area contributed by atoms with E-state index in [2.05, 4.69) is 22.2 Å². The Morgan fingerprint density at radius 3 is 3.13 bits per heavy atom. The molecule has 0 saturated carbocycles. The third-order valence-corrected chi connectivity index (χ3v) is 4.27. The Morgan fingerprint density at radius 2 is 2.47 bits per heavy atom. The zero-order valence-corrected chi connectivity index (χ0v) is 10.2. The Morgan fingerprint density at radius 1 is 1.60 bits per heavy atom. The van der Waals surface area contributed by atoms with E-state index in [4.69, 9.17) is 11.6 Å². The fourth-order valence-electron chi connectivity index (χ4n) is 1.68. The first-order valence-corrected chi connectivity index (χ1v) is 6.40. The van der Waals surface area contributed by atoms with E-state index in [0.717, 1.165) is 12.4 Å². The van der Waals surface area contributed by atoms with Crippen molar-refractivity contribution < 1.29 is 0 Å². The van der Waals surface area contributed by atoms with Crippen LogP contribution in [0.4, 0.5) is 5.82 Å². The number of halogens is 1. The molecule has 0 aliphatic carbocycles. The summed E-state index contributed by atoms with van der Waals surface area (Å²) in [6.07, 6.45) is 5.82. The van der Waals surface area contributed by atoms with Crippen molar-refractivity contribution in [1.29, 1.82) is 0 Å². The Balaban J connectivity index is 1.92. The highest BCUT2D eigenvalue weighted by molar-refractivity contribution is 8.00. The highest BCUT2D eigenvalue weighted by Crippen LogP contribution is 2.37. The normalized spacial score (nSPS) is 25.5. The third kappa shape index (κ3) is 2.98. The van der Waals surface area contributed by atoms with E-state index >= 15 is 0 Å². The predicted octanol–water partition coefficient (Wildman–Crippen LogP) is 2.83. The summed E-state index contributed by atoms with van der Waals surface area (Å²) >= 11 is 7.78. The van der Waals surface area contributed by atoms with Crippen LogP contribution in [-0.2, 0) is 0 Å². The maximum Gasteiger partial charge on any atom is 0.149 e. The zero-order chi connectivity index (χ0) is 10.7. The molecule has 0 aromatic carbocycles. The average Bonchev–Trinajstić information content (AvgIpc) is 2.63. The number of anilines is 1. The molecule has 1 fully saturated rings. The molecule has 1 aliphatic heterocycles. The largest absolute Gasteiger partial charge is 0.367 e. The second kappa shape index (κ2) is 4.58. The Labute approximate surface area is 99.0 Å². The Bertz CT molecular complexity index is 339. The van der Waals surface area contributed by atoms with E-state index in [0.29, 0.717) is 9.90 Å². The van der Waals surface area contributed by atoms with Crippen molar-refractivity contribution in [2.75, 3.05) is 17.6 Å². The van der Waals surface area contributed by atoms with E-state index in [1.165, 1.54) is 18.6 Å². The van der Waals surface area contributed by atoms with Crippen LogP contribution in [0.5, 0.6) is 0 Å². The number of rotatable bonds is 3. The lowest BCUT2D eigenvalue weighted by atomic mass is 10.1. The Hall–Kier alpha value is -0.480. The SMILES string of the molecule is CC1(CNc2cncc(Cl)n2)CCCS1. The number of nitrogens with one attached hydrogen (secondary N) is 1. The minimum atomic E-state index is 0.337. The molecule has 1 unspecified atom stereocenters. The van der Waals surface area contributed by atoms with Gasteiger partial charge in [0.05, 0.1) is 12.4 Å². The van der Waals surface area contributed by atoms with Gasteiger partial charge >= 0.3 is 0 Å². The van der Waals surface area contributed by atoms with E-state index in [1.807, 2.05) is 11.8 Å². The van der Waals surface area contributed by atoms with Crippen molar-refractivity contribution in [3.8, 4) is 0 Å². The molecule has 1 aromatic heterocycles. The van der Waals surface area contributed by atoms with Crippen molar-refractivity contribution >= 4 is 29.2 Å². The molecule has 2 heterocycles. The van der Waals surface area contributed by atoms with Crippen LogP contribution in [0.25, 0.3) is 0 Å². The standard InChI is InChI=1S/C10H14ClN3S/c1-10(3-2-4-15-10)7-13-9-6-12-5-8(11)14-9/h5-6H,2-4,7H2,1H3,(H,13,14). The summed E-state index contributed by atoms with van der Waals surface area (Å²) in [4.78, 5) is 8.14. The molecule has 82 valence electrons. The molecule has 1 saturated heterocycles. The summed E-state index contributed by atoms with van der Waals surface area (Å²) in [6.45, 7) is 3.21. The van der Waals surface area contributed by atoms with Crippen LogP contribution in [0.15, 0.2) is 12.4 Å². The van der Waals surface area contributed by atoms with Gasteiger partial charge in [0, 0.05) is 11.3 Å². The highest BCUT2D eigenvalue weighted by Gasteiger charge is 2.29. The summed E-state index contributed by atoms with van der Waals surface area (Å²) in [5.41, 5.74) is 0. The first-order chi connectivity index (χ1) is 7.18. The van der Waals surface area contributed by atoms with Gasteiger partial charge in [0.2, 0.25) is 0 Å². The highest BCUT2D eigenvalue weighted by atomic mass is 35.5. The maximum absolute atomic E-state index is 5.76. The topological polar surface area (TPSA) is 37.8 Å². The second-order valence-electron chi connectivity index (χ2n) is 3.98. The van der Waals surface area contributed by atoms with Crippen LogP contribution < -0.4 is 5.32 Å². The minimum absolute atomic E-state index is 0.337. The van der Waals surface area contributed by atoms with Crippen molar-refractivity contribution in [1.82, 2.24) is 9.97 Å². The van der Waals surface area contributed by atoms with E-state index in [-0.39, 0.29) is 0 Å². The predicted molar refractivity (Wildman–Crippen MR) is 65.6 cm³/mol. The van der Waals surface area contributed by atoms with Crippen molar-refractivity contribution in [3.63, 3.8) is 0 Å². The number of thioether (sulfide) groups is 1.